The normalized spacial score (nSPS) is 10.9. The van der Waals surface area contributed by atoms with Gasteiger partial charge >= 0.3 is 0 Å². The Labute approximate surface area is 122 Å². The van der Waals surface area contributed by atoms with Crippen LogP contribution in [-0.4, -0.2) is 15.0 Å². The highest BCUT2D eigenvalue weighted by Crippen LogP contribution is 2.29. The molecule has 0 aromatic carbocycles. The molecule has 0 aliphatic carbocycles. The predicted octanol–water partition coefficient (Wildman–Crippen LogP) is 3.77. The predicted molar refractivity (Wildman–Crippen MR) is 79.2 cm³/mol. The zero-order valence-electron chi connectivity index (χ0n) is 9.98. The minimum Gasteiger partial charge on any atom is -0.383 e. The molecule has 0 saturated carbocycles. The molecule has 4 nitrogen and oxygen atoms in total. The van der Waals surface area contributed by atoms with Gasteiger partial charge in [-0.3, -0.25) is 4.98 Å². The van der Waals surface area contributed by atoms with E-state index in [1.165, 1.54) is 0 Å². The maximum absolute atomic E-state index is 5.89. The molecule has 0 saturated heterocycles. The summed E-state index contributed by atoms with van der Waals surface area (Å²) in [6.07, 6.45) is 1.71. The minimum atomic E-state index is 0.263. The molecule has 2 heterocycles. The van der Waals surface area contributed by atoms with Crippen molar-refractivity contribution in [3.8, 4) is 11.5 Å². The number of aromatic nitrogens is 3. The topological polar surface area (TPSA) is 64.7 Å². The van der Waals surface area contributed by atoms with Gasteiger partial charge in [0.05, 0.1) is 10.2 Å². The van der Waals surface area contributed by atoms with Crippen LogP contribution < -0.4 is 5.73 Å². The van der Waals surface area contributed by atoms with Crippen LogP contribution in [-0.2, 0) is 0 Å². The van der Waals surface area contributed by atoms with Crippen molar-refractivity contribution in [1.82, 2.24) is 15.0 Å². The van der Waals surface area contributed by atoms with Crippen LogP contribution in [0.4, 0.5) is 5.82 Å². The molecule has 18 heavy (non-hydrogen) atoms. The summed E-state index contributed by atoms with van der Waals surface area (Å²) in [6, 6.07) is 3.76. The summed E-state index contributed by atoms with van der Waals surface area (Å²) in [5.74, 6) is 1.25. The van der Waals surface area contributed by atoms with Crippen LogP contribution >= 0.6 is 31.9 Å². The van der Waals surface area contributed by atoms with Gasteiger partial charge < -0.3 is 5.73 Å². The van der Waals surface area contributed by atoms with Crippen molar-refractivity contribution in [1.29, 1.82) is 0 Å². The lowest BCUT2D eigenvalue weighted by Crippen LogP contribution is -2.04. The number of pyridine rings is 1. The largest absolute Gasteiger partial charge is 0.383 e. The van der Waals surface area contributed by atoms with Gasteiger partial charge in [-0.2, -0.15) is 0 Å². The van der Waals surface area contributed by atoms with E-state index in [9.17, 15) is 0 Å². The molecule has 0 radical (unpaired) electrons. The summed E-state index contributed by atoms with van der Waals surface area (Å²) >= 11 is 6.77. The van der Waals surface area contributed by atoms with Gasteiger partial charge in [-0.05, 0) is 49.9 Å². The molecule has 2 aromatic rings. The second kappa shape index (κ2) is 5.32. The second-order valence-corrected chi connectivity index (χ2v) is 5.86. The minimum absolute atomic E-state index is 0.263. The number of anilines is 1. The van der Waals surface area contributed by atoms with E-state index in [0.29, 0.717) is 17.3 Å². The summed E-state index contributed by atoms with van der Waals surface area (Å²) in [4.78, 5) is 13.1. The van der Waals surface area contributed by atoms with Crippen molar-refractivity contribution in [2.75, 3.05) is 5.73 Å². The zero-order valence-corrected chi connectivity index (χ0v) is 13.2. The molecule has 0 unspecified atom stereocenters. The molecule has 6 heteroatoms. The van der Waals surface area contributed by atoms with Crippen LogP contribution in [0.3, 0.4) is 0 Å². The van der Waals surface area contributed by atoms with E-state index in [0.717, 1.165) is 14.6 Å². The van der Waals surface area contributed by atoms with Gasteiger partial charge in [-0.25, -0.2) is 9.97 Å². The third-order valence-corrected chi connectivity index (χ3v) is 3.69. The molecule has 0 bridgehead atoms. The fourth-order valence-corrected chi connectivity index (χ4v) is 2.36. The molecule has 0 amide bonds. The highest BCUT2D eigenvalue weighted by atomic mass is 79.9. The summed E-state index contributed by atoms with van der Waals surface area (Å²) in [7, 11) is 0. The molecular formula is C12H12Br2N4. The molecule has 0 aliphatic rings. The van der Waals surface area contributed by atoms with Crippen LogP contribution in [0.15, 0.2) is 27.3 Å². The van der Waals surface area contributed by atoms with Crippen LogP contribution in [0.25, 0.3) is 11.5 Å². The average molecular weight is 372 g/mol. The van der Waals surface area contributed by atoms with Gasteiger partial charge in [0.25, 0.3) is 0 Å². The highest BCUT2D eigenvalue weighted by Gasteiger charge is 2.14. The summed E-state index contributed by atoms with van der Waals surface area (Å²) < 4.78 is 1.68. The number of nitrogen functional groups attached to an aromatic ring is 1. The fourth-order valence-electron chi connectivity index (χ4n) is 1.49. The van der Waals surface area contributed by atoms with Gasteiger partial charge in [0.2, 0.25) is 0 Å². The first-order chi connectivity index (χ1) is 8.49. The Kier molecular flexibility index (Phi) is 3.97. The summed E-state index contributed by atoms with van der Waals surface area (Å²) in [5, 5.41) is 0. The number of halogens is 2. The summed E-state index contributed by atoms with van der Waals surface area (Å²) in [5.41, 5.74) is 7.49. The third kappa shape index (κ3) is 2.70. The lowest BCUT2D eigenvalue weighted by atomic mass is 10.1. The lowest BCUT2D eigenvalue weighted by Gasteiger charge is -2.11. The number of hydrogen-bond acceptors (Lipinski definition) is 4. The Balaban J connectivity index is 2.55. The highest BCUT2D eigenvalue weighted by molar-refractivity contribution is 9.10. The number of hydrogen-bond donors (Lipinski definition) is 1. The molecule has 0 spiro atoms. The van der Waals surface area contributed by atoms with Crippen LogP contribution in [0.2, 0.25) is 0 Å². The molecule has 2 aromatic heterocycles. The Morgan fingerprint density at radius 2 is 1.89 bits per heavy atom. The van der Waals surface area contributed by atoms with Crippen molar-refractivity contribution in [3.05, 3.63) is 33.0 Å². The maximum Gasteiger partial charge on any atom is 0.180 e. The van der Waals surface area contributed by atoms with Gasteiger partial charge in [-0.15, -0.1) is 0 Å². The van der Waals surface area contributed by atoms with Crippen LogP contribution in [0, 0.1) is 0 Å². The van der Waals surface area contributed by atoms with Crippen LogP contribution in [0.5, 0.6) is 0 Å². The molecule has 0 fully saturated rings. The first-order valence-electron chi connectivity index (χ1n) is 5.44. The molecule has 94 valence electrons. The number of rotatable bonds is 2. The standard InChI is InChI=1S/C12H12Br2N4/c1-6(2)10-9(14)11(15)18-12(17-10)8-4-3-7(13)5-16-8/h3-6H,1-2H3,(H2,15,17,18). The second-order valence-electron chi connectivity index (χ2n) is 4.15. The SMILES string of the molecule is CC(C)c1nc(-c2ccc(Br)cn2)nc(N)c1Br. The molecule has 2 N–H and O–H groups in total. The molecule has 0 aliphatic heterocycles. The molecular weight excluding hydrogens is 360 g/mol. The third-order valence-electron chi connectivity index (χ3n) is 2.41. The lowest BCUT2D eigenvalue weighted by molar-refractivity contribution is 0.810. The van der Waals surface area contributed by atoms with Crippen LogP contribution in [0.1, 0.15) is 25.5 Å². The Hall–Kier alpha value is -1.01. The Morgan fingerprint density at radius 1 is 1.17 bits per heavy atom. The Morgan fingerprint density at radius 3 is 2.44 bits per heavy atom. The van der Waals surface area contributed by atoms with E-state index in [1.54, 1.807) is 6.20 Å². The van der Waals surface area contributed by atoms with E-state index in [-0.39, 0.29) is 5.92 Å². The Bertz CT molecular complexity index is 567. The maximum atomic E-state index is 5.89. The van der Waals surface area contributed by atoms with Gasteiger partial charge in [0.15, 0.2) is 5.82 Å². The monoisotopic (exact) mass is 370 g/mol. The van der Waals surface area contributed by atoms with E-state index in [4.69, 9.17) is 5.73 Å². The van der Waals surface area contributed by atoms with E-state index >= 15 is 0 Å². The van der Waals surface area contributed by atoms with Gasteiger partial charge in [0.1, 0.15) is 11.5 Å². The zero-order chi connectivity index (χ0) is 13.3. The molecule has 0 atom stereocenters. The van der Waals surface area contributed by atoms with Gasteiger partial charge in [0, 0.05) is 10.7 Å². The smallest absolute Gasteiger partial charge is 0.180 e. The van der Waals surface area contributed by atoms with E-state index in [1.807, 2.05) is 12.1 Å². The quantitative estimate of drug-likeness (QED) is 0.872. The number of nitrogens with two attached hydrogens (primary N) is 1. The average Bonchev–Trinajstić information content (AvgIpc) is 2.33. The van der Waals surface area contributed by atoms with E-state index < -0.39 is 0 Å². The fraction of sp³-hybridized carbons (Fsp3) is 0.250. The van der Waals surface area contributed by atoms with Crippen molar-refractivity contribution >= 4 is 37.7 Å². The van der Waals surface area contributed by atoms with E-state index in [2.05, 4.69) is 60.7 Å². The first-order valence-corrected chi connectivity index (χ1v) is 7.02. The van der Waals surface area contributed by atoms with Crippen molar-refractivity contribution in [3.63, 3.8) is 0 Å². The summed E-state index contributed by atoms with van der Waals surface area (Å²) in [6.45, 7) is 4.12. The first kappa shape index (κ1) is 13.4. The van der Waals surface area contributed by atoms with Crippen molar-refractivity contribution < 1.29 is 0 Å². The van der Waals surface area contributed by atoms with Crippen molar-refractivity contribution in [2.45, 2.75) is 19.8 Å². The molecule has 2 rings (SSSR count). The van der Waals surface area contributed by atoms with Crippen molar-refractivity contribution in [2.24, 2.45) is 0 Å². The number of nitrogens with zero attached hydrogens (tertiary/aromatic N) is 3. The van der Waals surface area contributed by atoms with Gasteiger partial charge in [-0.1, -0.05) is 13.8 Å².